The second kappa shape index (κ2) is 6.31. The maximum absolute atomic E-state index is 11.5. The molecule has 0 radical (unpaired) electrons. The van der Waals surface area contributed by atoms with Crippen LogP contribution in [0.1, 0.15) is 47.1 Å². The normalized spacial score (nSPS) is 25.4. The first kappa shape index (κ1) is 18.1. The molecule has 1 fully saturated rings. The van der Waals surface area contributed by atoms with Gasteiger partial charge < -0.3 is 4.90 Å². The predicted molar refractivity (Wildman–Crippen MR) is 101 cm³/mol. The Balaban J connectivity index is 2.44. The highest BCUT2D eigenvalue weighted by Gasteiger charge is 2.54. The summed E-state index contributed by atoms with van der Waals surface area (Å²) in [7, 11) is 2.12. The monoisotopic (exact) mass is 332 g/mol. The zero-order valence-corrected chi connectivity index (χ0v) is 16.1. The molecule has 1 heterocycles. The Morgan fingerprint density at radius 3 is 2.39 bits per heavy atom. The van der Waals surface area contributed by atoms with Gasteiger partial charge in [-0.25, -0.2) is 4.99 Å². The Labute approximate surface area is 144 Å². The maximum Gasteiger partial charge on any atom is 0.165 e. The molecule has 0 bridgehead atoms. The van der Waals surface area contributed by atoms with Crippen LogP contribution in [-0.4, -0.2) is 33.2 Å². The molecule has 0 aromatic heterocycles. The third kappa shape index (κ3) is 3.18. The zero-order valence-electron chi connectivity index (χ0n) is 15.3. The molecule has 0 saturated carbocycles. The molecular formula is C19H28N2OS. The quantitative estimate of drug-likeness (QED) is 0.802. The maximum atomic E-state index is 11.5. The van der Waals surface area contributed by atoms with E-state index in [9.17, 15) is 4.79 Å². The van der Waals surface area contributed by atoms with E-state index < -0.39 is 0 Å². The second-order valence-electron chi connectivity index (χ2n) is 7.38. The van der Waals surface area contributed by atoms with E-state index in [-0.39, 0.29) is 16.1 Å². The van der Waals surface area contributed by atoms with Gasteiger partial charge in [-0.1, -0.05) is 43.8 Å². The SMILES string of the molecule is CC(=O)Cc1ccccc1N=C1SC(C)(C(C)C)C(C)(C)N1C. The average Bonchev–Trinajstić information content (AvgIpc) is 2.62. The van der Waals surface area contributed by atoms with E-state index in [4.69, 9.17) is 4.99 Å². The second-order valence-corrected chi connectivity index (χ2v) is 8.80. The molecule has 0 aliphatic carbocycles. The van der Waals surface area contributed by atoms with Crippen molar-refractivity contribution in [3.8, 4) is 0 Å². The van der Waals surface area contributed by atoms with Crippen LogP contribution in [0, 0.1) is 5.92 Å². The van der Waals surface area contributed by atoms with Crippen LogP contribution >= 0.6 is 11.8 Å². The van der Waals surface area contributed by atoms with Crippen LogP contribution in [0.5, 0.6) is 0 Å². The Morgan fingerprint density at radius 1 is 1.26 bits per heavy atom. The summed E-state index contributed by atoms with van der Waals surface area (Å²) in [4.78, 5) is 18.7. The highest BCUT2D eigenvalue weighted by atomic mass is 32.2. The van der Waals surface area contributed by atoms with Gasteiger partial charge in [0.2, 0.25) is 0 Å². The van der Waals surface area contributed by atoms with Crippen LogP contribution in [0.4, 0.5) is 5.69 Å². The lowest BCUT2D eigenvalue weighted by Crippen LogP contribution is -2.52. The van der Waals surface area contributed by atoms with Crippen LogP contribution in [0.3, 0.4) is 0 Å². The number of rotatable bonds is 4. The van der Waals surface area contributed by atoms with Crippen molar-refractivity contribution in [1.82, 2.24) is 4.90 Å². The van der Waals surface area contributed by atoms with Crippen LogP contribution < -0.4 is 0 Å². The fourth-order valence-electron chi connectivity index (χ4n) is 3.02. The van der Waals surface area contributed by atoms with Crippen LogP contribution in [-0.2, 0) is 11.2 Å². The van der Waals surface area contributed by atoms with E-state index in [2.05, 4.69) is 46.6 Å². The first-order valence-corrected chi connectivity index (χ1v) is 9.00. The van der Waals surface area contributed by atoms with Gasteiger partial charge in [-0.3, -0.25) is 4.79 Å². The smallest absolute Gasteiger partial charge is 0.165 e. The topological polar surface area (TPSA) is 32.7 Å². The van der Waals surface area contributed by atoms with Gasteiger partial charge in [0.1, 0.15) is 5.78 Å². The largest absolute Gasteiger partial charge is 0.348 e. The molecule has 1 unspecified atom stereocenters. The highest BCUT2D eigenvalue weighted by Crippen LogP contribution is 2.52. The van der Waals surface area contributed by atoms with Crippen molar-refractivity contribution in [2.24, 2.45) is 10.9 Å². The van der Waals surface area contributed by atoms with Gasteiger partial charge in [0.05, 0.1) is 11.2 Å². The van der Waals surface area contributed by atoms with Gasteiger partial charge in [0.25, 0.3) is 0 Å². The van der Waals surface area contributed by atoms with Crippen molar-refractivity contribution >= 4 is 28.4 Å². The number of para-hydroxylation sites is 1. The summed E-state index contributed by atoms with van der Waals surface area (Å²) in [5, 5.41) is 1.03. The van der Waals surface area contributed by atoms with Gasteiger partial charge in [-0.05, 0) is 45.2 Å². The number of benzene rings is 1. The molecule has 1 aromatic carbocycles. The van der Waals surface area contributed by atoms with Crippen LogP contribution in [0.15, 0.2) is 29.3 Å². The molecule has 1 atom stereocenters. The number of carbonyl (C=O) groups excluding carboxylic acids is 1. The van der Waals surface area contributed by atoms with Gasteiger partial charge in [-0.15, -0.1) is 0 Å². The summed E-state index contributed by atoms with van der Waals surface area (Å²) < 4.78 is 0.0934. The number of aliphatic imine (C=N–C) groups is 1. The van der Waals surface area contributed by atoms with E-state index in [0.717, 1.165) is 16.4 Å². The summed E-state index contributed by atoms with van der Waals surface area (Å²) in [6.45, 7) is 13.1. The van der Waals surface area contributed by atoms with Crippen molar-refractivity contribution in [2.75, 3.05) is 7.05 Å². The molecule has 126 valence electrons. The first-order valence-electron chi connectivity index (χ1n) is 8.18. The number of carbonyl (C=O) groups is 1. The summed E-state index contributed by atoms with van der Waals surface area (Å²) in [5.41, 5.74) is 1.92. The molecular weight excluding hydrogens is 304 g/mol. The zero-order chi connectivity index (χ0) is 17.4. The Morgan fingerprint density at radius 2 is 1.87 bits per heavy atom. The van der Waals surface area contributed by atoms with Crippen molar-refractivity contribution in [3.63, 3.8) is 0 Å². The minimum absolute atomic E-state index is 0.0141. The third-order valence-electron chi connectivity index (χ3n) is 5.39. The molecule has 3 nitrogen and oxygen atoms in total. The van der Waals surface area contributed by atoms with Crippen LogP contribution in [0.25, 0.3) is 0 Å². The van der Waals surface area contributed by atoms with E-state index in [1.807, 2.05) is 36.0 Å². The lowest BCUT2D eigenvalue weighted by atomic mass is 9.79. The lowest BCUT2D eigenvalue weighted by Gasteiger charge is -2.43. The van der Waals surface area contributed by atoms with Crippen molar-refractivity contribution in [2.45, 2.75) is 58.2 Å². The number of nitrogens with zero attached hydrogens (tertiary/aromatic N) is 2. The number of amidine groups is 1. The van der Waals surface area contributed by atoms with Gasteiger partial charge in [0.15, 0.2) is 5.17 Å². The number of hydrogen-bond acceptors (Lipinski definition) is 3. The lowest BCUT2D eigenvalue weighted by molar-refractivity contribution is -0.116. The fraction of sp³-hybridized carbons (Fsp3) is 0.579. The Kier molecular flexibility index (Phi) is 4.95. The molecule has 1 aromatic rings. The molecule has 0 spiro atoms. The highest BCUT2D eigenvalue weighted by molar-refractivity contribution is 8.15. The molecule has 0 N–H and O–H groups in total. The number of Topliss-reactive ketones (excluding diaryl/α,β-unsaturated/α-hetero) is 1. The van der Waals surface area contributed by atoms with Gasteiger partial charge in [-0.2, -0.15) is 0 Å². The molecule has 1 aliphatic rings. The number of ketones is 1. The first-order chi connectivity index (χ1) is 10.6. The molecule has 2 rings (SSSR count). The molecule has 0 amide bonds. The third-order valence-corrected chi connectivity index (χ3v) is 7.34. The summed E-state index contributed by atoms with van der Waals surface area (Å²) in [6.07, 6.45) is 0.437. The van der Waals surface area contributed by atoms with Crippen LogP contribution in [0.2, 0.25) is 0 Å². The number of thioether (sulfide) groups is 1. The minimum atomic E-state index is 0.0141. The minimum Gasteiger partial charge on any atom is -0.348 e. The van der Waals surface area contributed by atoms with Crippen molar-refractivity contribution < 1.29 is 4.79 Å². The molecule has 1 saturated heterocycles. The summed E-state index contributed by atoms with van der Waals surface area (Å²) >= 11 is 1.85. The van der Waals surface area contributed by atoms with E-state index >= 15 is 0 Å². The Bertz CT molecular complexity index is 636. The van der Waals surface area contributed by atoms with Crippen molar-refractivity contribution in [1.29, 1.82) is 0 Å². The van der Waals surface area contributed by atoms with Crippen molar-refractivity contribution in [3.05, 3.63) is 29.8 Å². The van der Waals surface area contributed by atoms with Gasteiger partial charge in [0, 0.05) is 18.2 Å². The standard InChI is InChI=1S/C19H28N2OS/c1-13(2)19(6)18(4,5)21(7)17(23-19)20-16-11-9-8-10-15(16)12-14(3)22/h8-11,13H,12H2,1-7H3. The van der Waals surface area contributed by atoms with E-state index in [0.29, 0.717) is 12.3 Å². The Hall–Kier alpha value is -1.29. The van der Waals surface area contributed by atoms with Gasteiger partial charge >= 0.3 is 0 Å². The van der Waals surface area contributed by atoms with E-state index in [1.54, 1.807) is 6.92 Å². The average molecular weight is 333 g/mol. The molecule has 23 heavy (non-hydrogen) atoms. The predicted octanol–water partition coefficient (Wildman–Crippen LogP) is 4.68. The number of hydrogen-bond donors (Lipinski definition) is 0. The summed E-state index contributed by atoms with van der Waals surface area (Å²) in [5.74, 6) is 0.697. The summed E-state index contributed by atoms with van der Waals surface area (Å²) in [6, 6.07) is 7.94. The van der Waals surface area contributed by atoms with E-state index in [1.165, 1.54) is 0 Å². The fourth-order valence-corrected chi connectivity index (χ4v) is 4.53. The molecule has 1 aliphatic heterocycles. The molecule has 4 heteroatoms.